The van der Waals surface area contributed by atoms with Gasteiger partial charge in [-0.1, -0.05) is 6.07 Å². The molecular formula is C24H24FN5O. The van der Waals surface area contributed by atoms with E-state index in [0.29, 0.717) is 18.0 Å². The fraction of sp³-hybridized carbons (Fsp3) is 0.292. The zero-order valence-corrected chi connectivity index (χ0v) is 17.2. The molecular weight excluding hydrogens is 393 g/mol. The number of nitrogens with zero attached hydrogens (tertiary/aromatic N) is 4. The summed E-state index contributed by atoms with van der Waals surface area (Å²) in [6, 6.07) is 12.2. The molecule has 158 valence electrons. The van der Waals surface area contributed by atoms with Crippen LogP contribution in [0.5, 0.6) is 0 Å². The Hall–Kier alpha value is -3.48. The number of hydrogen-bond acceptors (Lipinski definition) is 3. The summed E-state index contributed by atoms with van der Waals surface area (Å²) < 4.78 is 15.2. The van der Waals surface area contributed by atoms with Gasteiger partial charge in [0, 0.05) is 42.3 Å². The van der Waals surface area contributed by atoms with E-state index < -0.39 is 0 Å². The van der Waals surface area contributed by atoms with Crippen LogP contribution >= 0.6 is 0 Å². The highest BCUT2D eigenvalue weighted by Crippen LogP contribution is 2.26. The van der Waals surface area contributed by atoms with Gasteiger partial charge in [0.25, 0.3) is 5.91 Å². The zero-order valence-electron chi connectivity index (χ0n) is 17.2. The van der Waals surface area contributed by atoms with Crippen molar-refractivity contribution in [3.8, 4) is 11.1 Å². The molecule has 2 aromatic carbocycles. The molecule has 31 heavy (non-hydrogen) atoms. The van der Waals surface area contributed by atoms with Crippen molar-refractivity contribution in [1.82, 2.24) is 24.9 Å². The molecule has 0 radical (unpaired) electrons. The number of H-pyrrole nitrogens is 1. The lowest BCUT2D eigenvalue weighted by molar-refractivity contribution is 0.0759. The number of fused-ring (bicyclic) bond motifs is 1. The second-order valence-electron chi connectivity index (χ2n) is 8.18. The number of carbonyl (C=O) groups excluding carboxylic acids is 1. The van der Waals surface area contributed by atoms with Gasteiger partial charge in [0.2, 0.25) is 0 Å². The largest absolute Gasteiger partial charge is 0.339 e. The predicted octanol–water partition coefficient (Wildman–Crippen LogP) is 4.51. The van der Waals surface area contributed by atoms with Crippen molar-refractivity contribution in [3.63, 3.8) is 0 Å². The third-order valence-electron chi connectivity index (χ3n) is 6.13. The molecule has 1 saturated heterocycles. The molecule has 1 amide bonds. The van der Waals surface area contributed by atoms with Gasteiger partial charge in [0.1, 0.15) is 5.82 Å². The minimum atomic E-state index is -0.323. The van der Waals surface area contributed by atoms with Gasteiger partial charge >= 0.3 is 0 Å². The van der Waals surface area contributed by atoms with Crippen LogP contribution in [-0.2, 0) is 6.54 Å². The molecule has 6 nitrogen and oxygen atoms in total. The molecule has 0 saturated carbocycles. The molecule has 4 aromatic rings. The SMILES string of the molecule is O=C(c1ccc(F)cc1)N1CCCC(Cn2ncc3cc(-c4cn[nH]c4)ccc32)CC1. The van der Waals surface area contributed by atoms with Gasteiger partial charge < -0.3 is 4.90 Å². The molecule has 1 N–H and O–H groups in total. The highest BCUT2D eigenvalue weighted by molar-refractivity contribution is 5.94. The van der Waals surface area contributed by atoms with Gasteiger partial charge in [-0.05, 0) is 67.1 Å². The van der Waals surface area contributed by atoms with E-state index in [-0.39, 0.29) is 11.7 Å². The van der Waals surface area contributed by atoms with Gasteiger partial charge in [-0.3, -0.25) is 14.6 Å². The Morgan fingerprint density at radius 2 is 1.94 bits per heavy atom. The van der Waals surface area contributed by atoms with E-state index in [9.17, 15) is 9.18 Å². The molecule has 1 fully saturated rings. The number of hydrogen-bond donors (Lipinski definition) is 1. The molecule has 3 heterocycles. The minimum absolute atomic E-state index is 0.0167. The lowest BCUT2D eigenvalue weighted by Gasteiger charge is -2.21. The lowest BCUT2D eigenvalue weighted by Crippen LogP contribution is -2.32. The maximum Gasteiger partial charge on any atom is 0.253 e. The average molecular weight is 417 g/mol. The number of likely N-dealkylation sites (tertiary alicyclic amines) is 1. The Morgan fingerprint density at radius 1 is 1.06 bits per heavy atom. The van der Waals surface area contributed by atoms with Crippen LogP contribution in [0.15, 0.2) is 61.1 Å². The molecule has 1 atom stereocenters. The Labute approximate surface area is 179 Å². The summed E-state index contributed by atoms with van der Waals surface area (Å²) in [5.41, 5.74) is 3.84. The van der Waals surface area contributed by atoms with E-state index in [1.54, 1.807) is 12.1 Å². The van der Waals surface area contributed by atoms with E-state index in [0.717, 1.165) is 54.4 Å². The molecule has 1 aliphatic heterocycles. The number of rotatable bonds is 4. The van der Waals surface area contributed by atoms with Crippen LogP contribution in [0.1, 0.15) is 29.6 Å². The first-order chi connectivity index (χ1) is 15.2. The summed E-state index contributed by atoms with van der Waals surface area (Å²) in [6.07, 6.45) is 8.57. The van der Waals surface area contributed by atoms with E-state index in [2.05, 4.69) is 38.2 Å². The van der Waals surface area contributed by atoms with Crippen molar-refractivity contribution in [1.29, 1.82) is 0 Å². The maximum absolute atomic E-state index is 13.2. The molecule has 7 heteroatoms. The van der Waals surface area contributed by atoms with Crippen LogP contribution in [0, 0.1) is 11.7 Å². The van der Waals surface area contributed by atoms with Crippen molar-refractivity contribution in [3.05, 3.63) is 72.4 Å². The average Bonchev–Trinajstić information content (AvgIpc) is 3.40. The van der Waals surface area contributed by atoms with Gasteiger partial charge in [-0.25, -0.2) is 4.39 Å². The quantitative estimate of drug-likeness (QED) is 0.531. The fourth-order valence-corrected chi connectivity index (χ4v) is 4.39. The summed E-state index contributed by atoms with van der Waals surface area (Å²) in [5.74, 6) is 0.121. The summed E-state index contributed by atoms with van der Waals surface area (Å²) in [5, 5.41) is 12.6. The highest BCUT2D eigenvalue weighted by Gasteiger charge is 2.22. The van der Waals surface area contributed by atoms with Crippen LogP contribution in [0.3, 0.4) is 0 Å². The summed E-state index contributed by atoms with van der Waals surface area (Å²) >= 11 is 0. The summed E-state index contributed by atoms with van der Waals surface area (Å²) in [4.78, 5) is 14.7. The van der Waals surface area contributed by atoms with E-state index in [1.165, 1.54) is 12.1 Å². The number of carbonyl (C=O) groups is 1. The topological polar surface area (TPSA) is 66.8 Å². The normalized spacial score (nSPS) is 17.1. The van der Waals surface area contributed by atoms with Gasteiger partial charge in [-0.2, -0.15) is 10.2 Å². The molecule has 5 rings (SSSR count). The van der Waals surface area contributed by atoms with Crippen LogP contribution in [0.25, 0.3) is 22.0 Å². The van der Waals surface area contributed by atoms with Crippen LogP contribution in [0.2, 0.25) is 0 Å². The van der Waals surface area contributed by atoms with Crippen molar-refractivity contribution in [2.75, 3.05) is 13.1 Å². The Balaban J connectivity index is 1.26. The van der Waals surface area contributed by atoms with Gasteiger partial charge in [0.15, 0.2) is 0 Å². The standard InChI is InChI=1S/C24H24FN5O/c25-22-6-3-18(4-7-22)24(31)29-10-1-2-17(9-11-29)16-30-23-8-5-19(12-20(23)15-28-30)21-13-26-27-14-21/h3-8,12-15,17H,1-2,9-11,16H2,(H,26,27). The zero-order chi connectivity index (χ0) is 21.2. The number of aromatic nitrogens is 4. The minimum Gasteiger partial charge on any atom is -0.339 e. The first-order valence-electron chi connectivity index (χ1n) is 10.7. The molecule has 1 unspecified atom stereocenters. The van der Waals surface area contributed by atoms with E-state index in [4.69, 9.17) is 0 Å². The molecule has 0 spiro atoms. The summed E-state index contributed by atoms with van der Waals surface area (Å²) in [6.45, 7) is 2.29. The van der Waals surface area contributed by atoms with Crippen molar-refractivity contribution in [2.45, 2.75) is 25.8 Å². The highest BCUT2D eigenvalue weighted by atomic mass is 19.1. The smallest absolute Gasteiger partial charge is 0.253 e. The second kappa shape index (κ2) is 8.34. The number of halogens is 1. The van der Waals surface area contributed by atoms with Crippen LogP contribution < -0.4 is 0 Å². The molecule has 1 aliphatic rings. The third-order valence-corrected chi connectivity index (χ3v) is 6.13. The number of nitrogens with one attached hydrogen (secondary N) is 1. The van der Waals surface area contributed by atoms with Crippen molar-refractivity contribution >= 4 is 16.8 Å². The maximum atomic E-state index is 13.2. The Bertz CT molecular complexity index is 1180. The van der Waals surface area contributed by atoms with Crippen LogP contribution in [0.4, 0.5) is 4.39 Å². The molecule has 0 aliphatic carbocycles. The fourth-order valence-electron chi connectivity index (χ4n) is 4.39. The van der Waals surface area contributed by atoms with E-state index in [1.807, 2.05) is 23.5 Å². The predicted molar refractivity (Wildman–Crippen MR) is 117 cm³/mol. The van der Waals surface area contributed by atoms with Gasteiger partial charge in [0.05, 0.1) is 17.9 Å². The van der Waals surface area contributed by atoms with Crippen LogP contribution in [-0.4, -0.2) is 43.9 Å². The van der Waals surface area contributed by atoms with Gasteiger partial charge in [-0.15, -0.1) is 0 Å². The number of benzene rings is 2. The van der Waals surface area contributed by atoms with E-state index >= 15 is 0 Å². The van der Waals surface area contributed by atoms with Crippen molar-refractivity contribution in [2.24, 2.45) is 5.92 Å². The third kappa shape index (κ3) is 4.08. The van der Waals surface area contributed by atoms with Crippen molar-refractivity contribution < 1.29 is 9.18 Å². The molecule has 0 bridgehead atoms. The first-order valence-corrected chi connectivity index (χ1v) is 10.7. The Kier molecular flexibility index (Phi) is 5.24. The molecule has 2 aromatic heterocycles. The lowest BCUT2D eigenvalue weighted by atomic mass is 10.0. The second-order valence-corrected chi connectivity index (χ2v) is 8.18. The first kappa shape index (κ1) is 19.5. The summed E-state index contributed by atoms with van der Waals surface area (Å²) in [7, 11) is 0. The monoisotopic (exact) mass is 417 g/mol. The Morgan fingerprint density at radius 3 is 2.74 bits per heavy atom. The number of aromatic amines is 1. The number of amides is 1.